The van der Waals surface area contributed by atoms with Gasteiger partial charge in [0.1, 0.15) is 6.54 Å². The molecule has 0 aliphatic heterocycles. The summed E-state index contributed by atoms with van der Waals surface area (Å²) in [7, 11) is 3.63. The van der Waals surface area contributed by atoms with Gasteiger partial charge in [-0.1, -0.05) is 60.2 Å². The number of rotatable bonds is 7. The number of quaternary nitrogens is 1. The highest BCUT2D eigenvalue weighted by Crippen LogP contribution is 2.15. The number of carbonyl (C=O) groups is 2. The van der Waals surface area contributed by atoms with E-state index in [0.29, 0.717) is 12.1 Å². The van der Waals surface area contributed by atoms with Gasteiger partial charge in [-0.05, 0) is 31.2 Å². The molecule has 30 heavy (non-hydrogen) atoms. The van der Waals surface area contributed by atoms with Crippen molar-refractivity contribution in [2.45, 2.75) is 19.5 Å². The Hall–Kier alpha value is -3.44. The van der Waals surface area contributed by atoms with E-state index in [2.05, 4.69) is 10.6 Å². The van der Waals surface area contributed by atoms with E-state index in [-0.39, 0.29) is 17.9 Å². The van der Waals surface area contributed by atoms with Crippen LogP contribution in [0.2, 0.25) is 0 Å². The number of amides is 2. The summed E-state index contributed by atoms with van der Waals surface area (Å²) in [5, 5.41) is 5.68. The molecule has 3 N–H and O–H groups in total. The second kappa shape index (κ2) is 9.85. The predicted octanol–water partition coefficient (Wildman–Crippen LogP) is 2.75. The van der Waals surface area contributed by atoms with Crippen LogP contribution in [0.5, 0.6) is 0 Å². The zero-order chi connectivity index (χ0) is 21.5. The van der Waals surface area contributed by atoms with Crippen LogP contribution < -0.4 is 15.5 Å². The van der Waals surface area contributed by atoms with Crippen LogP contribution >= 0.6 is 0 Å². The van der Waals surface area contributed by atoms with Gasteiger partial charge in [-0.3, -0.25) is 9.59 Å². The quantitative estimate of drug-likeness (QED) is 0.569. The molecule has 3 rings (SSSR count). The fourth-order valence-corrected chi connectivity index (χ4v) is 3.50. The van der Waals surface area contributed by atoms with E-state index in [1.54, 1.807) is 7.05 Å². The first-order valence-electron chi connectivity index (χ1n) is 10.0. The molecule has 1 unspecified atom stereocenters. The third-order valence-electron chi connectivity index (χ3n) is 5.13. The Kier molecular flexibility index (Phi) is 6.99. The fourth-order valence-electron chi connectivity index (χ4n) is 3.50. The van der Waals surface area contributed by atoms with Crippen molar-refractivity contribution < 1.29 is 14.5 Å². The van der Waals surface area contributed by atoms with E-state index in [0.717, 1.165) is 27.3 Å². The molecule has 0 fully saturated rings. The van der Waals surface area contributed by atoms with Crippen LogP contribution in [0.3, 0.4) is 0 Å². The molecule has 0 bridgehead atoms. The second-order valence-electron chi connectivity index (χ2n) is 7.50. The van der Waals surface area contributed by atoms with Crippen LogP contribution in [0.1, 0.15) is 33.1 Å². The summed E-state index contributed by atoms with van der Waals surface area (Å²) in [4.78, 5) is 26.0. The molecular weight excluding hydrogens is 374 g/mol. The molecule has 3 aromatic rings. The van der Waals surface area contributed by atoms with E-state index in [4.69, 9.17) is 0 Å². The number of carbonyl (C=O) groups excluding carboxylic acids is 2. The molecule has 5 nitrogen and oxygen atoms in total. The molecular formula is C25H28N3O2+. The Morgan fingerprint density at radius 1 is 0.900 bits per heavy atom. The highest BCUT2D eigenvalue weighted by Gasteiger charge is 2.29. The lowest BCUT2D eigenvalue weighted by molar-refractivity contribution is -0.915. The molecule has 0 heterocycles. The minimum absolute atomic E-state index is 0.0514. The number of anilines is 1. The standard InChI is InChI=1S/C25H27N3O2/c1-18-9-15-22(16-10-18)27-25(30)23(20-7-5-4-6-8-20)28(3)17-19-11-13-21(14-12-19)24(29)26-2/h4-16,23H,17H2,1-3H3,(H,26,29)(H,27,30)/p+1/t23-/m1/s1. The Morgan fingerprint density at radius 3 is 2.13 bits per heavy atom. The topological polar surface area (TPSA) is 62.6 Å². The van der Waals surface area contributed by atoms with Gasteiger partial charge in [0.25, 0.3) is 11.8 Å². The minimum atomic E-state index is -0.369. The van der Waals surface area contributed by atoms with Crippen molar-refractivity contribution in [1.82, 2.24) is 5.32 Å². The number of aryl methyl sites for hydroxylation is 1. The van der Waals surface area contributed by atoms with Gasteiger partial charge < -0.3 is 15.5 Å². The van der Waals surface area contributed by atoms with Crippen LogP contribution in [0, 0.1) is 6.92 Å². The monoisotopic (exact) mass is 402 g/mol. The summed E-state index contributed by atoms with van der Waals surface area (Å²) in [5.74, 6) is -0.161. The van der Waals surface area contributed by atoms with Gasteiger partial charge in [0.15, 0.2) is 6.04 Å². The number of likely N-dealkylation sites (N-methyl/N-ethyl adjacent to an activating group) is 1. The largest absolute Gasteiger partial charge is 0.355 e. The maximum atomic E-state index is 13.2. The lowest BCUT2D eigenvalue weighted by atomic mass is 10.0. The molecule has 0 aliphatic rings. The zero-order valence-electron chi connectivity index (χ0n) is 17.6. The lowest BCUT2D eigenvalue weighted by Gasteiger charge is -2.25. The van der Waals surface area contributed by atoms with Gasteiger partial charge in [-0.2, -0.15) is 0 Å². The maximum absolute atomic E-state index is 13.2. The van der Waals surface area contributed by atoms with E-state index in [1.807, 2.05) is 92.8 Å². The molecule has 0 saturated heterocycles. The lowest BCUT2D eigenvalue weighted by Crippen LogP contribution is -3.09. The number of hydrogen-bond acceptors (Lipinski definition) is 2. The normalized spacial score (nSPS) is 12.6. The van der Waals surface area contributed by atoms with Crippen molar-refractivity contribution in [3.05, 3.63) is 101 Å². The Labute approximate surface area is 177 Å². The van der Waals surface area contributed by atoms with Crippen molar-refractivity contribution in [3.8, 4) is 0 Å². The second-order valence-corrected chi connectivity index (χ2v) is 7.50. The van der Waals surface area contributed by atoms with Crippen molar-refractivity contribution in [1.29, 1.82) is 0 Å². The molecule has 0 spiro atoms. The van der Waals surface area contributed by atoms with Crippen LogP contribution in [-0.2, 0) is 11.3 Å². The number of benzene rings is 3. The first-order chi connectivity index (χ1) is 14.5. The Bertz CT molecular complexity index is 983. The summed E-state index contributed by atoms with van der Waals surface area (Å²) in [6.07, 6.45) is 0. The van der Waals surface area contributed by atoms with Crippen LogP contribution in [-0.4, -0.2) is 25.9 Å². The van der Waals surface area contributed by atoms with Gasteiger partial charge in [0.2, 0.25) is 0 Å². The van der Waals surface area contributed by atoms with Gasteiger partial charge in [0.05, 0.1) is 7.05 Å². The molecule has 0 aromatic heterocycles. The summed E-state index contributed by atoms with van der Waals surface area (Å²) in [6.45, 7) is 2.67. The smallest absolute Gasteiger partial charge is 0.287 e. The predicted molar refractivity (Wildman–Crippen MR) is 119 cm³/mol. The third-order valence-corrected chi connectivity index (χ3v) is 5.13. The van der Waals surface area contributed by atoms with Crippen LogP contribution in [0.15, 0.2) is 78.9 Å². The highest BCUT2D eigenvalue weighted by atomic mass is 16.2. The summed E-state index contributed by atoms with van der Waals surface area (Å²) >= 11 is 0. The van der Waals surface area contributed by atoms with Crippen molar-refractivity contribution in [2.75, 3.05) is 19.4 Å². The molecule has 154 valence electrons. The van der Waals surface area contributed by atoms with E-state index in [1.165, 1.54) is 0 Å². The molecule has 3 aromatic carbocycles. The van der Waals surface area contributed by atoms with E-state index in [9.17, 15) is 9.59 Å². The van der Waals surface area contributed by atoms with Gasteiger partial charge in [0, 0.05) is 29.4 Å². The third kappa shape index (κ3) is 5.33. The average molecular weight is 403 g/mol. The van der Waals surface area contributed by atoms with Gasteiger partial charge in [-0.15, -0.1) is 0 Å². The zero-order valence-corrected chi connectivity index (χ0v) is 17.6. The summed E-state index contributed by atoms with van der Waals surface area (Å²) in [6, 6.07) is 24.8. The van der Waals surface area contributed by atoms with Crippen molar-refractivity contribution in [2.24, 2.45) is 0 Å². The first kappa shape index (κ1) is 21.3. The SMILES string of the molecule is CNC(=O)c1ccc(C[NH+](C)[C@@H](C(=O)Nc2ccc(C)cc2)c2ccccc2)cc1. The number of hydrogen-bond donors (Lipinski definition) is 3. The fraction of sp³-hybridized carbons (Fsp3) is 0.200. The van der Waals surface area contributed by atoms with Crippen LogP contribution in [0.25, 0.3) is 0 Å². The highest BCUT2D eigenvalue weighted by molar-refractivity contribution is 5.95. The molecule has 2 atom stereocenters. The van der Waals surface area contributed by atoms with Gasteiger partial charge in [-0.25, -0.2) is 0 Å². The van der Waals surface area contributed by atoms with E-state index < -0.39 is 0 Å². The van der Waals surface area contributed by atoms with E-state index >= 15 is 0 Å². The molecule has 2 amide bonds. The molecule has 0 saturated carbocycles. The van der Waals surface area contributed by atoms with Crippen molar-refractivity contribution >= 4 is 17.5 Å². The molecule has 5 heteroatoms. The minimum Gasteiger partial charge on any atom is -0.355 e. The van der Waals surface area contributed by atoms with Gasteiger partial charge >= 0.3 is 0 Å². The van der Waals surface area contributed by atoms with Crippen LogP contribution in [0.4, 0.5) is 5.69 Å². The summed E-state index contributed by atoms with van der Waals surface area (Å²) in [5.41, 5.74) is 4.58. The Balaban J connectivity index is 1.80. The Morgan fingerprint density at radius 2 is 1.53 bits per heavy atom. The molecule has 0 radical (unpaired) electrons. The van der Waals surface area contributed by atoms with Crippen molar-refractivity contribution in [3.63, 3.8) is 0 Å². The first-order valence-corrected chi connectivity index (χ1v) is 10.0. The average Bonchev–Trinajstić information content (AvgIpc) is 2.76. The molecule has 0 aliphatic carbocycles. The number of nitrogens with one attached hydrogen (secondary N) is 3. The summed E-state index contributed by atoms with van der Waals surface area (Å²) < 4.78 is 0. The maximum Gasteiger partial charge on any atom is 0.287 e.